The highest BCUT2D eigenvalue weighted by atomic mass is 35.7. The molecule has 1 saturated heterocycles. The van der Waals surface area contributed by atoms with E-state index in [1.54, 1.807) is 0 Å². The molecule has 0 N–H and O–H groups in total. The van der Waals surface area contributed by atoms with Gasteiger partial charge in [0.25, 0.3) is 0 Å². The van der Waals surface area contributed by atoms with Crippen LogP contribution in [-0.4, -0.2) is 36.0 Å². The topological polar surface area (TPSA) is 110 Å². The normalized spacial score (nSPS) is 19.4. The number of aryl methyl sites for hydroxylation is 1. The maximum absolute atomic E-state index is 11.9. The molecule has 2 rings (SSSR count). The van der Waals surface area contributed by atoms with Crippen LogP contribution in [-0.2, 0) is 13.8 Å². The summed E-state index contributed by atoms with van der Waals surface area (Å²) >= 11 is 0. The van der Waals surface area contributed by atoms with Gasteiger partial charge in [-0.05, 0) is 13.0 Å². The van der Waals surface area contributed by atoms with E-state index < -0.39 is 25.1 Å². The van der Waals surface area contributed by atoms with Gasteiger partial charge in [-0.1, -0.05) is 0 Å². The molecular formula is C10H10ClN3O5S. The summed E-state index contributed by atoms with van der Waals surface area (Å²) in [5.41, 5.74) is 0.0263. The third-order valence-corrected chi connectivity index (χ3v) is 4.90. The minimum atomic E-state index is -3.91. The van der Waals surface area contributed by atoms with E-state index in [1.165, 1.54) is 19.2 Å². The van der Waals surface area contributed by atoms with Crippen LogP contribution in [0.4, 0.5) is 11.5 Å². The summed E-state index contributed by atoms with van der Waals surface area (Å²) in [4.78, 5) is 27.1. The molecule has 2 heterocycles. The van der Waals surface area contributed by atoms with E-state index in [4.69, 9.17) is 10.7 Å². The number of carbonyl (C=O) groups is 1. The van der Waals surface area contributed by atoms with Crippen LogP contribution in [0.15, 0.2) is 12.3 Å². The summed E-state index contributed by atoms with van der Waals surface area (Å²) in [6.45, 7) is 1.28. The van der Waals surface area contributed by atoms with Crippen LogP contribution < -0.4 is 4.90 Å². The van der Waals surface area contributed by atoms with Crippen LogP contribution in [0.2, 0.25) is 0 Å². The Bertz CT molecular complexity index is 690. The van der Waals surface area contributed by atoms with Gasteiger partial charge in [0, 0.05) is 35.4 Å². The average Bonchev–Trinajstić information content (AvgIpc) is 2.70. The second-order valence-corrected chi connectivity index (χ2v) is 7.27. The van der Waals surface area contributed by atoms with E-state index in [0.29, 0.717) is 5.56 Å². The standard InChI is InChI=1S/C10H10ClN3O5S/c1-6-2-3-12-10(9(6)14(16)17)13-5-7(4-8(13)15)20(11,18)19/h2-3,7H,4-5H2,1H3. The van der Waals surface area contributed by atoms with Gasteiger partial charge in [-0.25, -0.2) is 13.4 Å². The molecule has 0 aromatic carbocycles. The Kier molecular flexibility index (Phi) is 3.65. The fourth-order valence-corrected chi connectivity index (χ4v) is 3.05. The maximum atomic E-state index is 11.9. The zero-order valence-electron chi connectivity index (χ0n) is 10.3. The first-order valence-corrected chi connectivity index (χ1v) is 7.93. The molecule has 8 nitrogen and oxygen atoms in total. The van der Waals surface area contributed by atoms with Crippen LogP contribution in [0.25, 0.3) is 0 Å². The van der Waals surface area contributed by atoms with Gasteiger partial charge in [0.1, 0.15) is 5.25 Å². The molecule has 1 atom stereocenters. The average molecular weight is 320 g/mol. The summed E-state index contributed by atoms with van der Waals surface area (Å²) in [6, 6.07) is 1.44. The quantitative estimate of drug-likeness (QED) is 0.466. The lowest BCUT2D eigenvalue weighted by Gasteiger charge is -2.15. The van der Waals surface area contributed by atoms with Crippen molar-refractivity contribution in [2.45, 2.75) is 18.6 Å². The van der Waals surface area contributed by atoms with Crippen molar-refractivity contribution < 1.29 is 18.1 Å². The Labute approximate surface area is 118 Å². The van der Waals surface area contributed by atoms with Crippen molar-refractivity contribution in [3.05, 3.63) is 27.9 Å². The molecule has 108 valence electrons. The fourth-order valence-electron chi connectivity index (χ4n) is 2.03. The van der Waals surface area contributed by atoms with E-state index in [0.717, 1.165) is 4.90 Å². The SMILES string of the molecule is Cc1ccnc(N2CC(S(=O)(=O)Cl)CC2=O)c1[N+](=O)[O-]. The van der Waals surface area contributed by atoms with E-state index in [1.807, 2.05) is 0 Å². The molecule has 10 heteroatoms. The van der Waals surface area contributed by atoms with Gasteiger partial charge < -0.3 is 0 Å². The third-order valence-electron chi connectivity index (χ3n) is 3.03. The maximum Gasteiger partial charge on any atom is 0.314 e. The molecule has 1 aliphatic rings. The van der Waals surface area contributed by atoms with Gasteiger partial charge in [-0.15, -0.1) is 0 Å². The number of hydrogen-bond donors (Lipinski definition) is 0. The van der Waals surface area contributed by atoms with Gasteiger partial charge in [-0.2, -0.15) is 0 Å². The highest BCUT2D eigenvalue weighted by Gasteiger charge is 2.41. The first kappa shape index (κ1) is 14.7. The molecule has 1 aliphatic heterocycles. The molecule has 20 heavy (non-hydrogen) atoms. The van der Waals surface area contributed by atoms with E-state index in [9.17, 15) is 23.3 Å². The molecule has 0 bridgehead atoms. The molecule has 0 aliphatic carbocycles. The molecule has 1 aromatic rings. The number of anilines is 1. The first-order chi connectivity index (χ1) is 9.21. The number of aromatic nitrogens is 1. The number of pyridine rings is 1. The smallest absolute Gasteiger partial charge is 0.290 e. The molecular weight excluding hydrogens is 310 g/mol. The fraction of sp³-hybridized carbons (Fsp3) is 0.400. The molecule has 0 radical (unpaired) electrons. The third kappa shape index (κ3) is 2.59. The summed E-state index contributed by atoms with van der Waals surface area (Å²) < 4.78 is 22.5. The Morgan fingerprint density at radius 3 is 2.70 bits per heavy atom. The summed E-state index contributed by atoms with van der Waals surface area (Å²) in [5, 5.41) is 9.98. The van der Waals surface area contributed by atoms with Crippen LogP contribution in [0.3, 0.4) is 0 Å². The zero-order chi connectivity index (χ0) is 15.1. The minimum absolute atomic E-state index is 0.150. The van der Waals surface area contributed by atoms with Crippen LogP contribution >= 0.6 is 10.7 Å². The van der Waals surface area contributed by atoms with Gasteiger partial charge in [0.2, 0.25) is 20.8 Å². The lowest BCUT2D eigenvalue weighted by Crippen LogP contribution is -2.28. The zero-order valence-corrected chi connectivity index (χ0v) is 11.9. The second kappa shape index (κ2) is 4.98. The van der Waals surface area contributed by atoms with Crippen molar-refractivity contribution >= 4 is 37.1 Å². The first-order valence-electron chi connectivity index (χ1n) is 5.55. The molecule has 0 saturated carbocycles. The number of nitro groups is 1. The lowest BCUT2D eigenvalue weighted by atomic mass is 10.2. The highest BCUT2D eigenvalue weighted by molar-refractivity contribution is 8.14. The molecule has 0 spiro atoms. The summed E-state index contributed by atoms with van der Waals surface area (Å²) in [7, 11) is 1.32. The van der Waals surface area contributed by atoms with Crippen molar-refractivity contribution in [2.75, 3.05) is 11.4 Å². The summed E-state index contributed by atoms with van der Waals surface area (Å²) in [5.74, 6) is -0.705. The van der Waals surface area contributed by atoms with Crippen molar-refractivity contribution in [1.29, 1.82) is 0 Å². The molecule has 1 aromatic heterocycles. The second-order valence-electron chi connectivity index (χ2n) is 4.36. The van der Waals surface area contributed by atoms with E-state index >= 15 is 0 Å². The Hall–Kier alpha value is -1.74. The molecule has 1 amide bonds. The van der Waals surface area contributed by atoms with Crippen molar-refractivity contribution in [1.82, 2.24) is 4.98 Å². The Morgan fingerprint density at radius 1 is 1.55 bits per heavy atom. The molecule has 1 fully saturated rings. The van der Waals surface area contributed by atoms with E-state index in [-0.39, 0.29) is 24.5 Å². The minimum Gasteiger partial charge on any atom is -0.290 e. The van der Waals surface area contributed by atoms with Gasteiger partial charge >= 0.3 is 5.69 Å². The Morgan fingerprint density at radius 2 is 2.20 bits per heavy atom. The molecule has 1 unspecified atom stereocenters. The Balaban J connectivity index is 2.46. The van der Waals surface area contributed by atoms with Crippen LogP contribution in [0.1, 0.15) is 12.0 Å². The monoisotopic (exact) mass is 319 g/mol. The number of rotatable bonds is 3. The van der Waals surface area contributed by atoms with Crippen molar-refractivity contribution in [3.8, 4) is 0 Å². The van der Waals surface area contributed by atoms with Gasteiger partial charge in [0.05, 0.1) is 4.92 Å². The van der Waals surface area contributed by atoms with Crippen molar-refractivity contribution in [2.24, 2.45) is 0 Å². The highest BCUT2D eigenvalue weighted by Crippen LogP contribution is 2.33. The predicted molar refractivity (Wildman–Crippen MR) is 71.2 cm³/mol. The lowest BCUT2D eigenvalue weighted by molar-refractivity contribution is -0.384. The number of nitrogens with zero attached hydrogens (tertiary/aromatic N) is 3. The summed E-state index contributed by atoms with van der Waals surface area (Å²) in [6.07, 6.45) is 1.02. The number of hydrogen-bond acceptors (Lipinski definition) is 6. The van der Waals surface area contributed by atoms with Crippen molar-refractivity contribution in [3.63, 3.8) is 0 Å². The van der Waals surface area contributed by atoms with E-state index in [2.05, 4.69) is 4.98 Å². The predicted octanol–water partition coefficient (Wildman–Crippen LogP) is 0.972. The van der Waals surface area contributed by atoms with Crippen LogP contribution in [0.5, 0.6) is 0 Å². The van der Waals surface area contributed by atoms with Gasteiger partial charge in [0.15, 0.2) is 0 Å². The van der Waals surface area contributed by atoms with Crippen LogP contribution in [0, 0.1) is 17.0 Å². The van der Waals surface area contributed by atoms with Gasteiger partial charge in [-0.3, -0.25) is 19.8 Å². The largest absolute Gasteiger partial charge is 0.314 e. The number of amides is 1. The number of halogens is 1. The number of carbonyl (C=O) groups excluding carboxylic acids is 1.